The molecule has 0 saturated carbocycles. The molecular formula is C11H12O5. The molecule has 0 bridgehead atoms. The van der Waals surface area contributed by atoms with Crippen LogP contribution < -0.4 is 4.74 Å². The van der Waals surface area contributed by atoms with Crippen LogP contribution in [0.25, 0.3) is 0 Å². The third kappa shape index (κ3) is 2.98. The molecule has 0 radical (unpaired) electrons. The van der Waals surface area contributed by atoms with Crippen molar-refractivity contribution in [2.75, 3.05) is 7.11 Å². The quantitative estimate of drug-likeness (QED) is 0.728. The molecule has 16 heavy (non-hydrogen) atoms. The minimum absolute atomic E-state index is 0.0100. The number of Topliss-reactive ketones (excluding diaryl/α,β-unsaturated/α-hetero) is 1. The van der Waals surface area contributed by atoms with Crippen LogP contribution in [0, 0.1) is 0 Å². The Bertz CT molecular complexity index is 411. The number of carboxylic acid groups (broad SMARTS) is 1. The number of aryl methyl sites for hydroxylation is 1. The summed E-state index contributed by atoms with van der Waals surface area (Å²) in [6.45, 7) is 0. The zero-order chi connectivity index (χ0) is 12.1. The molecule has 0 heterocycles. The van der Waals surface area contributed by atoms with Crippen molar-refractivity contribution in [1.82, 2.24) is 0 Å². The van der Waals surface area contributed by atoms with Gasteiger partial charge in [0.05, 0.1) is 7.11 Å². The zero-order valence-electron chi connectivity index (χ0n) is 8.77. The topological polar surface area (TPSA) is 83.8 Å². The van der Waals surface area contributed by atoms with Gasteiger partial charge in [-0.25, -0.2) is 4.79 Å². The molecule has 86 valence electrons. The van der Waals surface area contributed by atoms with E-state index in [-0.39, 0.29) is 12.2 Å². The number of benzene rings is 1. The third-order valence-corrected chi connectivity index (χ3v) is 2.12. The Labute approximate surface area is 92.3 Å². The van der Waals surface area contributed by atoms with E-state index in [1.165, 1.54) is 13.2 Å². The minimum Gasteiger partial charge on any atom is -0.504 e. The van der Waals surface area contributed by atoms with Crippen molar-refractivity contribution in [3.05, 3.63) is 23.8 Å². The predicted octanol–water partition coefficient (Wildman–Crippen LogP) is 0.987. The zero-order valence-corrected chi connectivity index (χ0v) is 8.77. The van der Waals surface area contributed by atoms with Gasteiger partial charge in [-0.15, -0.1) is 0 Å². The van der Waals surface area contributed by atoms with E-state index in [4.69, 9.17) is 9.84 Å². The summed E-state index contributed by atoms with van der Waals surface area (Å²) in [5.74, 6) is -1.94. The van der Waals surface area contributed by atoms with Gasteiger partial charge in [0.2, 0.25) is 5.78 Å². The highest BCUT2D eigenvalue weighted by Crippen LogP contribution is 2.26. The Morgan fingerprint density at radius 1 is 1.38 bits per heavy atom. The van der Waals surface area contributed by atoms with E-state index in [0.29, 0.717) is 12.2 Å². The lowest BCUT2D eigenvalue weighted by Crippen LogP contribution is -2.12. The summed E-state index contributed by atoms with van der Waals surface area (Å²) >= 11 is 0. The van der Waals surface area contributed by atoms with Crippen molar-refractivity contribution in [2.24, 2.45) is 0 Å². The highest BCUT2D eigenvalue weighted by molar-refractivity contribution is 6.32. The normalized spacial score (nSPS) is 9.81. The van der Waals surface area contributed by atoms with E-state index in [0.717, 1.165) is 5.56 Å². The maximum absolute atomic E-state index is 10.9. The third-order valence-electron chi connectivity index (χ3n) is 2.12. The number of ketones is 1. The van der Waals surface area contributed by atoms with Crippen LogP contribution in [0.3, 0.4) is 0 Å². The van der Waals surface area contributed by atoms with Gasteiger partial charge in [-0.3, -0.25) is 4.79 Å². The smallest absolute Gasteiger partial charge is 0.372 e. The summed E-state index contributed by atoms with van der Waals surface area (Å²) < 4.78 is 4.89. The number of hydrogen-bond acceptors (Lipinski definition) is 4. The largest absolute Gasteiger partial charge is 0.504 e. The van der Waals surface area contributed by atoms with E-state index in [1.807, 2.05) is 0 Å². The number of aliphatic carboxylic acids is 1. The fourth-order valence-corrected chi connectivity index (χ4v) is 1.24. The first-order chi connectivity index (χ1) is 7.54. The lowest BCUT2D eigenvalue weighted by atomic mass is 10.1. The molecule has 0 atom stereocenters. The molecule has 0 aliphatic rings. The number of hydrogen-bond donors (Lipinski definition) is 2. The Morgan fingerprint density at radius 3 is 2.62 bits per heavy atom. The van der Waals surface area contributed by atoms with Crippen molar-refractivity contribution in [1.29, 1.82) is 0 Å². The molecule has 5 nitrogen and oxygen atoms in total. The van der Waals surface area contributed by atoms with Crippen LogP contribution in [0.15, 0.2) is 18.2 Å². The lowest BCUT2D eigenvalue weighted by molar-refractivity contribution is -0.149. The van der Waals surface area contributed by atoms with Gasteiger partial charge in [0, 0.05) is 6.42 Å². The molecule has 0 unspecified atom stereocenters. The van der Waals surface area contributed by atoms with Gasteiger partial charge in [0.15, 0.2) is 11.5 Å². The number of aromatic hydroxyl groups is 1. The number of methoxy groups -OCH3 is 1. The molecule has 0 fully saturated rings. The predicted molar refractivity (Wildman–Crippen MR) is 55.6 cm³/mol. The molecule has 0 amide bonds. The average molecular weight is 224 g/mol. The van der Waals surface area contributed by atoms with Crippen molar-refractivity contribution in [3.63, 3.8) is 0 Å². The molecule has 0 saturated heterocycles. The van der Waals surface area contributed by atoms with E-state index in [9.17, 15) is 14.7 Å². The molecule has 0 spiro atoms. The molecule has 2 N–H and O–H groups in total. The molecule has 0 aromatic heterocycles. The van der Waals surface area contributed by atoms with Gasteiger partial charge in [-0.05, 0) is 24.1 Å². The van der Waals surface area contributed by atoms with Gasteiger partial charge in [0.25, 0.3) is 0 Å². The van der Waals surface area contributed by atoms with Gasteiger partial charge < -0.3 is 14.9 Å². The van der Waals surface area contributed by atoms with E-state index in [2.05, 4.69) is 0 Å². The molecule has 5 heteroatoms. The van der Waals surface area contributed by atoms with Crippen molar-refractivity contribution < 1.29 is 24.5 Å². The first kappa shape index (κ1) is 12.0. The number of carboxylic acids is 1. The Kier molecular flexibility index (Phi) is 3.88. The van der Waals surface area contributed by atoms with Crippen LogP contribution in [-0.2, 0) is 16.0 Å². The lowest BCUT2D eigenvalue weighted by Gasteiger charge is -2.05. The van der Waals surface area contributed by atoms with E-state index in [1.54, 1.807) is 12.1 Å². The van der Waals surface area contributed by atoms with Crippen LogP contribution in [-0.4, -0.2) is 29.1 Å². The second kappa shape index (κ2) is 5.16. The fourth-order valence-electron chi connectivity index (χ4n) is 1.24. The molecule has 1 rings (SSSR count). The van der Waals surface area contributed by atoms with Gasteiger partial charge in [-0.2, -0.15) is 0 Å². The number of phenolic OH excluding ortho intramolecular Hbond substituents is 1. The summed E-state index contributed by atoms with van der Waals surface area (Å²) in [5, 5.41) is 17.7. The Morgan fingerprint density at radius 2 is 2.06 bits per heavy atom. The molecule has 1 aromatic carbocycles. The van der Waals surface area contributed by atoms with E-state index >= 15 is 0 Å². The summed E-state index contributed by atoms with van der Waals surface area (Å²) in [4.78, 5) is 21.1. The standard InChI is InChI=1S/C11H12O5/c1-16-10-6-7(2-4-8(10)12)3-5-9(13)11(14)15/h2,4,6,12H,3,5H2,1H3,(H,14,15). The number of rotatable bonds is 5. The molecule has 1 aromatic rings. The maximum Gasteiger partial charge on any atom is 0.372 e. The highest BCUT2D eigenvalue weighted by Gasteiger charge is 2.11. The second-order valence-electron chi connectivity index (χ2n) is 3.23. The number of carbonyl (C=O) groups is 2. The fraction of sp³-hybridized carbons (Fsp3) is 0.273. The highest BCUT2D eigenvalue weighted by atomic mass is 16.5. The summed E-state index contributed by atoms with van der Waals surface area (Å²) in [6, 6.07) is 4.64. The summed E-state index contributed by atoms with van der Waals surface area (Å²) in [7, 11) is 1.42. The first-order valence-electron chi connectivity index (χ1n) is 4.66. The Balaban J connectivity index is 2.68. The number of phenols is 1. The number of carbonyl (C=O) groups excluding carboxylic acids is 1. The van der Waals surface area contributed by atoms with Crippen molar-refractivity contribution >= 4 is 11.8 Å². The second-order valence-corrected chi connectivity index (χ2v) is 3.23. The van der Waals surface area contributed by atoms with Crippen LogP contribution in [0.1, 0.15) is 12.0 Å². The van der Waals surface area contributed by atoms with Gasteiger partial charge >= 0.3 is 5.97 Å². The van der Waals surface area contributed by atoms with Gasteiger partial charge in [0.1, 0.15) is 0 Å². The maximum atomic E-state index is 10.9. The van der Waals surface area contributed by atoms with Crippen molar-refractivity contribution in [3.8, 4) is 11.5 Å². The SMILES string of the molecule is COc1cc(CCC(=O)C(=O)O)ccc1O. The first-order valence-corrected chi connectivity index (χ1v) is 4.66. The summed E-state index contributed by atoms with van der Waals surface area (Å²) in [5.41, 5.74) is 0.740. The molecule has 0 aliphatic carbocycles. The van der Waals surface area contributed by atoms with Crippen LogP contribution in [0.4, 0.5) is 0 Å². The van der Waals surface area contributed by atoms with Gasteiger partial charge in [-0.1, -0.05) is 6.07 Å². The Hall–Kier alpha value is -2.04. The molecule has 0 aliphatic heterocycles. The summed E-state index contributed by atoms with van der Waals surface area (Å²) in [6.07, 6.45) is 0.241. The molecular weight excluding hydrogens is 212 g/mol. The van der Waals surface area contributed by atoms with Crippen LogP contribution >= 0.6 is 0 Å². The van der Waals surface area contributed by atoms with Crippen LogP contribution in [0.2, 0.25) is 0 Å². The van der Waals surface area contributed by atoms with Crippen molar-refractivity contribution in [2.45, 2.75) is 12.8 Å². The van der Waals surface area contributed by atoms with E-state index < -0.39 is 11.8 Å². The number of ether oxygens (including phenoxy) is 1. The monoisotopic (exact) mass is 224 g/mol. The van der Waals surface area contributed by atoms with Crippen LogP contribution in [0.5, 0.6) is 11.5 Å². The minimum atomic E-state index is -1.43. The average Bonchev–Trinajstić information content (AvgIpc) is 2.27.